The van der Waals surface area contributed by atoms with Crippen molar-refractivity contribution in [2.24, 2.45) is 7.05 Å². The maximum atomic E-state index is 8.96. The lowest BCUT2D eigenvalue weighted by molar-refractivity contribution is -0.633. The van der Waals surface area contributed by atoms with Gasteiger partial charge in [0.05, 0.1) is 7.05 Å². The summed E-state index contributed by atoms with van der Waals surface area (Å²) in [6.45, 7) is 2.93. The highest BCUT2D eigenvalue weighted by Gasteiger charge is 2.31. The molecular weight excluding hydrogens is 418 g/mol. The first-order valence-corrected chi connectivity index (χ1v) is 11.4. The van der Waals surface area contributed by atoms with Crippen molar-refractivity contribution in [3.8, 4) is 17.1 Å². The zero-order chi connectivity index (χ0) is 27.0. The van der Waals surface area contributed by atoms with E-state index in [0.717, 1.165) is 50.0 Å². The highest BCUT2D eigenvalue weighted by atomic mass is 16.3. The molecule has 0 aliphatic heterocycles. The Bertz CT molecular complexity index is 1880. The predicted molar refractivity (Wildman–Crippen MR) is 139 cm³/mol. The molecule has 1 unspecified atom stereocenters. The predicted octanol–water partition coefficient (Wildman–Crippen LogP) is 7.16. The molecule has 6 rings (SSSR count). The summed E-state index contributed by atoms with van der Waals surface area (Å²) in [7, 11) is 2.00. The summed E-state index contributed by atoms with van der Waals surface area (Å²) in [5.74, 6) is -0.994. The molecule has 3 heterocycles. The Labute approximate surface area is 204 Å². The van der Waals surface area contributed by atoms with Crippen molar-refractivity contribution in [2.45, 2.75) is 33.5 Å². The third kappa shape index (κ3) is 2.91. The third-order valence-electron chi connectivity index (χ3n) is 6.64. The average molecular weight is 451 g/mol. The molecule has 3 aromatic carbocycles. The van der Waals surface area contributed by atoms with E-state index in [4.69, 9.17) is 9.90 Å². The van der Waals surface area contributed by atoms with Gasteiger partial charge in [-0.3, -0.25) is 0 Å². The second-order valence-corrected chi connectivity index (χ2v) is 8.89. The van der Waals surface area contributed by atoms with Gasteiger partial charge in [0.1, 0.15) is 11.3 Å². The second-order valence-electron chi connectivity index (χ2n) is 8.89. The van der Waals surface area contributed by atoms with E-state index in [0.29, 0.717) is 17.0 Å². The molecule has 0 saturated carbocycles. The van der Waals surface area contributed by atoms with Crippen molar-refractivity contribution < 1.29 is 14.5 Å². The molecule has 0 N–H and O–H groups in total. The molecule has 0 radical (unpaired) electrons. The van der Waals surface area contributed by atoms with E-state index in [-0.39, 0.29) is 0 Å². The van der Waals surface area contributed by atoms with Crippen LogP contribution in [0, 0.1) is 13.8 Å². The van der Waals surface area contributed by atoms with Crippen LogP contribution in [0.1, 0.15) is 42.0 Å². The fourth-order valence-electron chi connectivity index (χ4n) is 5.01. The average Bonchev–Trinajstić information content (AvgIpc) is 3.38. The van der Waals surface area contributed by atoms with Crippen LogP contribution in [-0.4, -0.2) is 9.55 Å². The van der Waals surface area contributed by atoms with Crippen molar-refractivity contribution in [1.29, 1.82) is 0 Å². The maximum absolute atomic E-state index is 8.96. The van der Waals surface area contributed by atoms with E-state index in [1.165, 1.54) is 6.92 Å². The number of imidazole rings is 1. The molecule has 0 fully saturated rings. The van der Waals surface area contributed by atoms with Gasteiger partial charge in [-0.1, -0.05) is 56.2 Å². The summed E-state index contributed by atoms with van der Waals surface area (Å²) in [4.78, 5) is 4.63. The third-order valence-corrected chi connectivity index (χ3v) is 6.64. The number of hydrogen-bond donors (Lipinski definition) is 0. The standard InChI is InChI=1S/C30H28N3O/c1-18(2)21-10-6-7-11-24(21)33-26-13-9-8-12-25(26)32(5)30(33)27-19(3)14-16-22-23-17-15-20(4)31-29(23)34-28(22)27/h6-18H,1-5H3/q+1/i1D3,18D. The highest BCUT2D eigenvalue weighted by Crippen LogP contribution is 2.39. The van der Waals surface area contributed by atoms with Gasteiger partial charge in [-0.2, -0.15) is 4.57 Å². The van der Waals surface area contributed by atoms with Gasteiger partial charge in [0.15, 0.2) is 16.6 Å². The number of fused-ring (bicyclic) bond motifs is 4. The molecule has 0 bridgehead atoms. The maximum Gasteiger partial charge on any atom is 0.298 e. The van der Waals surface area contributed by atoms with Crippen LogP contribution in [0.2, 0.25) is 0 Å². The van der Waals surface area contributed by atoms with Crippen LogP contribution in [0.5, 0.6) is 0 Å². The number of para-hydroxylation sites is 3. The summed E-state index contributed by atoms with van der Waals surface area (Å²) in [5.41, 5.74) is 7.03. The van der Waals surface area contributed by atoms with Crippen LogP contribution >= 0.6 is 0 Å². The number of aryl methyl sites for hydroxylation is 3. The van der Waals surface area contributed by atoms with Crippen molar-refractivity contribution in [1.82, 2.24) is 9.55 Å². The number of aromatic nitrogens is 3. The minimum absolute atomic E-state index is 0.425. The lowest BCUT2D eigenvalue weighted by atomic mass is 10.00. The van der Waals surface area contributed by atoms with Crippen LogP contribution in [-0.2, 0) is 7.05 Å². The Morgan fingerprint density at radius 1 is 0.971 bits per heavy atom. The molecule has 3 aromatic heterocycles. The van der Waals surface area contributed by atoms with Crippen molar-refractivity contribution >= 4 is 33.1 Å². The molecular formula is C30H28N3O+. The summed E-state index contributed by atoms with van der Waals surface area (Å²) in [6.07, 6.45) is 0. The molecule has 1 atom stereocenters. The fourth-order valence-corrected chi connectivity index (χ4v) is 5.01. The number of nitrogens with zero attached hydrogens (tertiary/aromatic N) is 3. The molecule has 0 aliphatic rings. The van der Waals surface area contributed by atoms with Crippen molar-refractivity contribution in [3.63, 3.8) is 0 Å². The van der Waals surface area contributed by atoms with Gasteiger partial charge in [-0.05, 0) is 55.6 Å². The molecule has 4 nitrogen and oxygen atoms in total. The van der Waals surface area contributed by atoms with Crippen LogP contribution < -0.4 is 4.57 Å². The SMILES string of the molecule is [2H]C([2H])([2H])C([2H])(C)c1ccccc1-n1c(-c2c(C)ccc3c2oc2nc(C)ccc23)[n+](C)c2ccccc21. The van der Waals surface area contributed by atoms with E-state index in [2.05, 4.69) is 26.3 Å². The largest absolute Gasteiger partial charge is 0.437 e. The first-order valence-electron chi connectivity index (χ1n) is 13.4. The van der Waals surface area contributed by atoms with E-state index >= 15 is 0 Å². The normalized spacial score (nSPS) is 15.8. The van der Waals surface area contributed by atoms with Gasteiger partial charge in [-0.15, -0.1) is 0 Å². The first kappa shape index (κ1) is 16.7. The lowest BCUT2D eigenvalue weighted by Crippen LogP contribution is -2.30. The van der Waals surface area contributed by atoms with Gasteiger partial charge >= 0.3 is 0 Å². The number of hydrogen-bond acceptors (Lipinski definition) is 2. The highest BCUT2D eigenvalue weighted by molar-refractivity contribution is 6.09. The molecule has 168 valence electrons. The quantitative estimate of drug-likeness (QED) is 0.268. The van der Waals surface area contributed by atoms with Crippen LogP contribution in [0.4, 0.5) is 0 Å². The summed E-state index contributed by atoms with van der Waals surface area (Å²) in [5, 5.41) is 1.91. The smallest absolute Gasteiger partial charge is 0.298 e. The van der Waals surface area contributed by atoms with E-state index in [1.807, 2.05) is 69.4 Å². The number of rotatable bonds is 3. The molecule has 0 saturated heterocycles. The molecule has 0 spiro atoms. The molecule has 6 aromatic rings. The Morgan fingerprint density at radius 3 is 2.59 bits per heavy atom. The Balaban J connectivity index is 1.78. The van der Waals surface area contributed by atoms with Gasteiger partial charge in [0.2, 0.25) is 5.71 Å². The van der Waals surface area contributed by atoms with Gasteiger partial charge in [0, 0.05) is 27.5 Å². The summed E-state index contributed by atoms with van der Waals surface area (Å²) < 4.78 is 44.0. The fraction of sp³-hybridized carbons (Fsp3) is 0.200. The molecule has 4 heteroatoms. The van der Waals surface area contributed by atoms with Gasteiger partial charge < -0.3 is 4.42 Å². The van der Waals surface area contributed by atoms with Crippen LogP contribution in [0.25, 0.3) is 50.2 Å². The van der Waals surface area contributed by atoms with Gasteiger partial charge in [0.25, 0.3) is 5.82 Å². The van der Waals surface area contributed by atoms with Crippen molar-refractivity contribution in [3.05, 3.63) is 89.6 Å². The number of benzene rings is 3. The van der Waals surface area contributed by atoms with E-state index < -0.39 is 12.7 Å². The van der Waals surface area contributed by atoms with E-state index in [1.54, 1.807) is 12.1 Å². The Kier molecular flexibility index (Phi) is 3.70. The Hall–Kier alpha value is -3.92. The Morgan fingerprint density at radius 2 is 1.74 bits per heavy atom. The minimum Gasteiger partial charge on any atom is -0.437 e. The summed E-state index contributed by atoms with van der Waals surface area (Å²) in [6, 6.07) is 23.5. The minimum atomic E-state index is -2.52. The molecule has 34 heavy (non-hydrogen) atoms. The topological polar surface area (TPSA) is 34.8 Å². The van der Waals surface area contributed by atoms with E-state index in [9.17, 15) is 0 Å². The first-order chi connectivity index (χ1) is 18.0. The second kappa shape index (κ2) is 7.56. The zero-order valence-electron chi connectivity index (χ0n) is 23.7. The molecule has 0 aliphatic carbocycles. The van der Waals surface area contributed by atoms with Crippen LogP contribution in [0.15, 0.2) is 77.2 Å². The van der Waals surface area contributed by atoms with Crippen LogP contribution in [0.3, 0.4) is 0 Å². The monoisotopic (exact) mass is 450 g/mol. The molecule has 0 amide bonds. The lowest BCUT2D eigenvalue weighted by Gasteiger charge is -2.12. The zero-order valence-corrected chi connectivity index (χ0v) is 19.7. The van der Waals surface area contributed by atoms with Crippen molar-refractivity contribution in [2.75, 3.05) is 0 Å². The number of pyridine rings is 1. The summed E-state index contributed by atoms with van der Waals surface area (Å²) >= 11 is 0. The van der Waals surface area contributed by atoms with Gasteiger partial charge in [-0.25, -0.2) is 9.55 Å². The number of furan rings is 1.